The fraction of sp³-hybridized carbons (Fsp3) is 0.333. The number of aryl methyl sites for hydroxylation is 1. The molecule has 5 heterocycles. The fourth-order valence-electron chi connectivity index (χ4n) is 4.83. The molecule has 0 aliphatic carbocycles. The minimum absolute atomic E-state index is 0.124. The van der Waals surface area contributed by atoms with Crippen molar-refractivity contribution < 1.29 is 9.59 Å². The van der Waals surface area contributed by atoms with Crippen LogP contribution in [-0.4, -0.2) is 64.2 Å². The maximum atomic E-state index is 13.5. The maximum Gasteiger partial charge on any atom is 0.252 e. The topological polar surface area (TPSA) is 128 Å². The molecule has 0 saturated carbocycles. The van der Waals surface area contributed by atoms with E-state index in [1.165, 1.54) is 13.3 Å². The Labute approximate surface area is 202 Å². The van der Waals surface area contributed by atoms with Gasteiger partial charge in [-0.25, -0.2) is 9.50 Å². The molecule has 0 radical (unpaired) electrons. The quantitative estimate of drug-likeness (QED) is 0.483. The molecule has 4 aromatic rings. The summed E-state index contributed by atoms with van der Waals surface area (Å²) in [6, 6.07) is 3.67. The number of piperazine rings is 1. The minimum Gasteiger partial charge on any atom is -0.382 e. The first-order valence-electron chi connectivity index (χ1n) is 11.3. The molecule has 1 unspecified atom stereocenters. The molecule has 1 aliphatic rings. The maximum absolute atomic E-state index is 13.5. The van der Waals surface area contributed by atoms with Gasteiger partial charge in [-0.3, -0.25) is 19.3 Å². The van der Waals surface area contributed by atoms with E-state index in [-0.39, 0.29) is 17.9 Å². The normalized spacial score (nSPS) is 17.9. The highest BCUT2D eigenvalue weighted by molar-refractivity contribution is 6.03. The van der Waals surface area contributed by atoms with Crippen LogP contribution in [0.2, 0.25) is 0 Å². The van der Waals surface area contributed by atoms with Crippen molar-refractivity contribution in [3.05, 3.63) is 43.2 Å². The Kier molecular flexibility index (Phi) is 5.08. The third kappa shape index (κ3) is 3.50. The van der Waals surface area contributed by atoms with Crippen LogP contribution >= 0.6 is 0 Å². The van der Waals surface area contributed by atoms with Crippen molar-refractivity contribution in [1.82, 2.24) is 34.3 Å². The van der Waals surface area contributed by atoms with Crippen LogP contribution in [0.3, 0.4) is 0 Å². The smallest absolute Gasteiger partial charge is 0.252 e. The van der Waals surface area contributed by atoms with Crippen LogP contribution in [0.1, 0.15) is 27.7 Å². The summed E-state index contributed by atoms with van der Waals surface area (Å²) in [5.74, 6) is 0.0646. The van der Waals surface area contributed by atoms with E-state index in [1.807, 2.05) is 32.3 Å². The van der Waals surface area contributed by atoms with E-state index in [2.05, 4.69) is 20.2 Å². The van der Waals surface area contributed by atoms with Gasteiger partial charge in [0, 0.05) is 49.6 Å². The second-order valence-electron chi connectivity index (χ2n) is 9.40. The number of nitrogens with two attached hydrogens (primary N) is 1. The number of rotatable bonds is 3. The standard InChI is InChI=1S/C24H27N9O2/c1-14-11-31(15(2)34)24(3,4)23(35)32(14)18-6-16(8-26-10-18)20-7-19(17-9-28-30(5)12-17)21-22(25)27-13-29-33(20)21/h6-10,12-14H,11H2,1-5H3,(H2,25,27,29). The largest absolute Gasteiger partial charge is 0.382 e. The van der Waals surface area contributed by atoms with Gasteiger partial charge in [-0.15, -0.1) is 0 Å². The number of anilines is 2. The number of nitrogen functional groups attached to an aromatic ring is 1. The van der Waals surface area contributed by atoms with Crippen LogP contribution in [0.5, 0.6) is 0 Å². The highest BCUT2D eigenvalue weighted by atomic mass is 16.2. The summed E-state index contributed by atoms with van der Waals surface area (Å²) in [5, 5.41) is 8.72. The van der Waals surface area contributed by atoms with Crippen molar-refractivity contribution >= 4 is 28.8 Å². The molecule has 0 spiro atoms. The van der Waals surface area contributed by atoms with E-state index in [0.29, 0.717) is 23.6 Å². The minimum atomic E-state index is -0.967. The SMILES string of the molecule is CC(=O)N1CC(C)N(c2cncc(-c3cc(-c4cnn(C)c4)c4c(N)ncnn34)c2)C(=O)C1(C)C. The highest BCUT2D eigenvalue weighted by Gasteiger charge is 2.46. The molecule has 1 fully saturated rings. The van der Waals surface area contributed by atoms with E-state index in [9.17, 15) is 9.59 Å². The molecule has 1 aliphatic heterocycles. The third-order valence-electron chi connectivity index (χ3n) is 6.58. The molecule has 1 atom stereocenters. The van der Waals surface area contributed by atoms with Gasteiger partial charge in [0.1, 0.15) is 17.4 Å². The van der Waals surface area contributed by atoms with Crippen LogP contribution in [0.4, 0.5) is 11.5 Å². The molecule has 2 amide bonds. The molecule has 5 rings (SSSR count). The van der Waals surface area contributed by atoms with Gasteiger partial charge in [0.2, 0.25) is 5.91 Å². The summed E-state index contributed by atoms with van der Waals surface area (Å²) in [6.07, 6.45) is 8.46. The van der Waals surface area contributed by atoms with Crippen molar-refractivity contribution in [3.8, 4) is 22.4 Å². The Morgan fingerprint density at radius 1 is 1.14 bits per heavy atom. The number of hydrogen-bond acceptors (Lipinski definition) is 7. The van der Waals surface area contributed by atoms with Crippen molar-refractivity contribution in [2.75, 3.05) is 17.2 Å². The fourth-order valence-corrected chi connectivity index (χ4v) is 4.83. The second-order valence-corrected chi connectivity index (χ2v) is 9.40. The molecule has 180 valence electrons. The predicted octanol–water partition coefficient (Wildman–Crippen LogP) is 2.14. The van der Waals surface area contributed by atoms with E-state index in [4.69, 9.17) is 5.73 Å². The van der Waals surface area contributed by atoms with E-state index >= 15 is 0 Å². The lowest BCUT2D eigenvalue weighted by Crippen LogP contribution is -2.67. The molecule has 2 N–H and O–H groups in total. The molecule has 1 saturated heterocycles. The van der Waals surface area contributed by atoms with Gasteiger partial charge in [0.05, 0.1) is 29.8 Å². The summed E-state index contributed by atoms with van der Waals surface area (Å²) < 4.78 is 3.45. The van der Waals surface area contributed by atoms with Crippen molar-refractivity contribution in [2.24, 2.45) is 7.05 Å². The van der Waals surface area contributed by atoms with Crippen molar-refractivity contribution in [1.29, 1.82) is 0 Å². The summed E-state index contributed by atoms with van der Waals surface area (Å²) >= 11 is 0. The van der Waals surface area contributed by atoms with Gasteiger partial charge in [-0.2, -0.15) is 10.2 Å². The molecule has 11 heteroatoms. The molecule has 0 bridgehead atoms. The number of aromatic nitrogens is 6. The molecule has 4 aromatic heterocycles. The molecular weight excluding hydrogens is 446 g/mol. The number of hydrogen-bond donors (Lipinski definition) is 1. The van der Waals surface area contributed by atoms with Gasteiger partial charge in [0.15, 0.2) is 5.82 Å². The lowest BCUT2D eigenvalue weighted by atomic mass is 9.94. The predicted molar refractivity (Wildman–Crippen MR) is 131 cm³/mol. The zero-order valence-electron chi connectivity index (χ0n) is 20.3. The first-order chi connectivity index (χ1) is 16.6. The summed E-state index contributed by atoms with van der Waals surface area (Å²) in [4.78, 5) is 37.6. The zero-order chi connectivity index (χ0) is 25.1. The Morgan fingerprint density at radius 2 is 1.91 bits per heavy atom. The average molecular weight is 474 g/mol. The van der Waals surface area contributed by atoms with Crippen LogP contribution in [0.15, 0.2) is 43.2 Å². The Hall–Kier alpha value is -4.28. The van der Waals surface area contributed by atoms with Crippen molar-refractivity contribution in [2.45, 2.75) is 39.3 Å². The second kappa shape index (κ2) is 7.90. The van der Waals surface area contributed by atoms with E-state index in [1.54, 1.807) is 51.4 Å². The Balaban J connectivity index is 1.62. The number of amides is 2. The first kappa shape index (κ1) is 22.5. The van der Waals surface area contributed by atoms with Gasteiger partial charge in [0.25, 0.3) is 5.91 Å². The highest BCUT2D eigenvalue weighted by Crippen LogP contribution is 2.36. The first-order valence-corrected chi connectivity index (χ1v) is 11.3. The van der Waals surface area contributed by atoms with Crippen LogP contribution in [0, 0.1) is 0 Å². The number of pyridine rings is 1. The Bertz CT molecular complexity index is 1470. The molecule has 11 nitrogen and oxygen atoms in total. The van der Waals surface area contributed by atoms with Gasteiger partial charge in [-0.1, -0.05) is 0 Å². The lowest BCUT2D eigenvalue weighted by Gasteiger charge is -2.48. The summed E-state index contributed by atoms with van der Waals surface area (Å²) in [6.45, 7) is 7.39. The summed E-state index contributed by atoms with van der Waals surface area (Å²) in [5.41, 5.74) is 9.84. The van der Waals surface area contributed by atoms with E-state index in [0.717, 1.165) is 22.4 Å². The van der Waals surface area contributed by atoms with Crippen molar-refractivity contribution in [3.63, 3.8) is 0 Å². The van der Waals surface area contributed by atoms with Gasteiger partial charge in [-0.05, 0) is 32.9 Å². The third-order valence-corrected chi connectivity index (χ3v) is 6.58. The summed E-state index contributed by atoms with van der Waals surface area (Å²) in [7, 11) is 1.85. The monoisotopic (exact) mass is 473 g/mol. The van der Waals surface area contributed by atoms with Crippen LogP contribution < -0.4 is 10.6 Å². The number of fused-ring (bicyclic) bond motifs is 1. The molecule has 35 heavy (non-hydrogen) atoms. The van der Waals surface area contributed by atoms with E-state index < -0.39 is 5.54 Å². The zero-order valence-corrected chi connectivity index (χ0v) is 20.3. The lowest BCUT2D eigenvalue weighted by molar-refractivity contribution is -0.146. The molecular formula is C24H27N9O2. The van der Waals surface area contributed by atoms with Crippen LogP contribution in [-0.2, 0) is 16.6 Å². The van der Waals surface area contributed by atoms with Gasteiger partial charge >= 0.3 is 0 Å². The van der Waals surface area contributed by atoms with Gasteiger partial charge < -0.3 is 15.5 Å². The Morgan fingerprint density at radius 3 is 2.60 bits per heavy atom. The number of carbonyl (C=O) groups is 2. The molecule has 0 aromatic carbocycles. The average Bonchev–Trinajstić information content (AvgIpc) is 3.41. The number of nitrogens with zero attached hydrogens (tertiary/aromatic N) is 8. The number of carbonyl (C=O) groups excluding carboxylic acids is 2. The van der Waals surface area contributed by atoms with Crippen LogP contribution in [0.25, 0.3) is 27.9 Å².